The average molecular weight is 206 g/mol. The first kappa shape index (κ1) is 10.0. The van der Waals surface area contributed by atoms with Crippen molar-refractivity contribution in [3.8, 4) is 0 Å². The highest BCUT2D eigenvalue weighted by Crippen LogP contribution is 2.05. The minimum absolute atomic E-state index is 0.0537. The number of hydrogen-bond donors (Lipinski definition) is 0. The Morgan fingerprint density at radius 3 is 2.60 bits per heavy atom. The molecule has 0 bridgehead atoms. The van der Waals surface area contributed by atoms with Crippen LogP contribution >= 0.6 is 0 Å². The maximum Gasteiger partial charge on any atom is 0.255 e. The number of aromatic nitrogens is 2. The quantitative estimate of drug-likeness (QED) is 0.642. The lowest BCUT2D eigenvalue weighted by atomic mass is 10.2. The molecule has 5 heteroatoms. The van der Waals surface area contributed by atoms with Crippen LogP contribution in [0.1, 0.15) is 10.4 Å². The molecule has 2 heterocycles. The fraction of sp³-hybridized carbons (Fsp3) is 0.500. The normalized spacial score (nSPS) is 17.8. The van der Waals surface area contributed by atoms with Crippen LogP contribution in [-0.4, -0.2) is 59.1 Å². The van der Waals surface area contributed by atoms with Crippen molar-refractivity contribution in [3.05, 3.63) is 24.0 Å². The average Bonchev–Trinajstić information content (AvgIpc) is 2.30. The summed E-state index contributed by atoms with van der Waals surface area (Å²) >= 11 is 0. The van der Waals surface area contributed by atoms with E-state index in [1.54, 1.807) is 12.3 Å². The lowest BCUT2D eigenvalue weighted by molar-refractivity contribution is 0.0663. The van der Waals surface area contributed by atoms with Crippen LogP contribution in [0.5, 0.6) is 0 Å². The fourth-order valence-corrected chi connectivity index (χ4v) is 1.61. The topological polar surface area (TPSA) is 49.3 Å². The Bertz CT molecular complexity index is 333. The van der Waals surface area contributed by atoms with E-state index in [9.17, 15) is 4.79 Å². The zero-order valence-electron chi connectivity index (χ0n) is 8.76. The van der Waals surface area contributed by atoms with Gasteiger partial charge in [0.05, 0.1) is 18.0 Å². The van der Waals surface area contributed by atoms with Gasteiger partial charge in [-0.2, -0.15) is 10.2 Å². The highest BCUT2D eigenvalue weighted by molar-refractivity contribution is 5.93. The zero-order valence-corrected chi connectivity index (χ0v) is 8.76. The van der Waals surface area contributed by atoms with Crippen LogP contribution < -0.4 is 0 Å². The van der Waals surface area contributed by atoms with E-state index in [0.717, 1.165) is 26.2 Å². The van der Waals surface area contributed by atoms with E-state index in [1.807, 2.05) is 4.90 Å². The van der Waals surface area contributed by atoms with E-state index >= 15 is 0 Å². The van der Waals surface area contributed by atoms with E-state index in [2.05, 4.69) is 22.1 Å². The number of carbonyl (C=O) groups is 1. The van der Waals surface area contributed by atoms with Crippen molar-refractivity contribution in [2.45, 2.75) is 0 Å². The van der Waals surface area contributed by atoms with Gasteiger partial charge in [-0.1, -0.05) is 0 Å². The Morgan fingerprint density at radius 1 is 1.27 bits per heavy atom. The Kier molecular flexibility index (Phi) is 2.91. The summed E-state index contributed by atoms with van der Waals surface area (Å²) in [7, 11) is 2.07. The van der Waals surface area contributed by atoms with E-state index < -0.39 is 0 Å². The minimum atomic E-state index is 0.0537. The van der Waals surface area contributed by atoms with Crippen LogP contribution in [0, 0.1) is 0 Å². The number of nitrogens with zero attached hydrogens (tertiary/aromatic N) is 4. The van der Waals surface area contributed by atoms with Crippen LogP contribution in [0.15, 0.2) is 18.5 Å². The van der Waals surface area contributed by atoms with Crippen molar-refractivity contribution in [1.82, 2.24) is 20.0 Å². The molecule has 2 rings (SSSR count). The van der Waals surface area contributed by atoms with Crippen molar-refractivity contribution in [3.63, 3.8) is 0 Å². The monoisotopic (exact) mass is 206 g/mol. The Balaban J connectivity index is 2.03. The lowest BCUT2D eigenvalue weighted by Crippen LogP contribution is -2.47. The third-order valence-corrected chi connectivity index (χ3v) is 2.62. The predicted octanol–water partition coefficient (Wildman–Crippen LogP) is -0.136. The Labute approximate surface area is 88.7 Å². The van der Waals surface area contributed by atoms with Crippen LogP contribution in [0.25, 0.3) is 0 Å². The predicted molar refractivity (Wildman–Crippen MR) is 55.4 cm³/mol. The second-order valence-corrected chi connectivity index (χ2v) is 3.73. The van der Waals surface area contributed by atoms with Gasteiger partial charge in [0.25, 0.3) is 5.91 Å². The van der Waals surface area contributed by atoms with Crippen molar-refractivity contribution in [2.75, 3.05) is 33.2 Å². The molecule has 1 amide bonds. The second-order valence-electron chi connectivity index (χ2n) is 3.73. The second kappa shape index (κ2) is 4.35. The molecule has 0 radical (unpaired) electrons. The van der Waals surface area contributed by atoms with Gasteiger partial charge in [0, 0.05) is 26.2 Å². The van der Waals surface area contributed by atoms with E-state index in [4.69, 9.17) is 0 Å². The zero-order chi connectivity index (χ0) is 10.7. The first-order valence-corrected chi connectivity index (χ1v) is 5.02. The van der Waals surface area contributed by atoms with Gasteiger partial charge in [0.1, 0.15) is 0 Å². The number of piperazine rings is 1. The van der Waals surface area contributed by atoms with Crippen LogP contribution in [-0.2, 0) is 0 Å². The third-order valence-electron chi connectivity index (χ3n) is 2.62. The molecule has 0 atom stereocenters. The minimum Gasteiger partial charge on any atom is -0.336 e. The molecule has 80 valence electrons. The molecule has 1 aliphatic heterocycles. The molecular weight excluding hydrogens is 192 g/mol. The maximum atomic E-state index is 11.9. The fourth-order valence-electron chi connectivity index (χ4n) is 1.61. The number of carbonyl (C=O) groups excluding carboxylic acids is 1. The lowest BCUT2D eigenvalue weighted by Gasteiger charge is -2.32. The van der Waals surface area contributed by atoms with Gasteiger partial charge in [-0.15, -0.1) is 0 Å². The van der Waals surface area contributed by atoms with Crippen molar-refractivity contribution < 1.29 is 4.79 Å². The molecule has 1 saturated heterocycles. The van der Waals surface area contributed by atoms with E-state index in [1.165, 1.54) is 6.20 Å². The van der Waals surface area contributed by atoms with Crippen molar-refractivity contribution >= 4 is 5.91 Å². The first-order chi connectivity index (χ1) is 7.27. The van der Waals surface area contributed by atoms with Gasteiger partial charge in [0.2, 0.25) is 0 Å². The summed E-state index contributed by atoms with van der Waals surface area (Å²) in [6.45, 7) is 3.45. The smallest absolute Gasteiger partial charge is 0.255 e. The molecule has 0 spiro atoms. The number of likely N-dealkylation sites (N-methyl/N-ethyl adjacent to an activating group) is 1. The van der Waals surface area contributed by atoms with Crippen LogP contribution in [0.4, 0.5) is 0 Å². The van der Waals surface area contributed by atoms with Gasteiger partial charge in [-0.3, -0.25) is 4.79 Å². The highest BCUT2D eigenvalue weighted by atomic mass is 16.2. The molecule has 5 nitrogen and oxygen atoms in total. The number of rotatable bonds is 1. The molecule has 1 fully saturated rings. The number of amides is 1. The van der Waals surface area contributed by atoms with Gasteiger partial charge in [-0.05, 0) is 13.1 Å². The molecule has 15 heavy (non-hydrogen) atoms. The molecule has 1 aromatic rings. The maximum absolute atomic E-state index is 11.9. The standard InChI is InChI=1S/C10H14N4O/c1-13-4-6-14(7-5-13)10(15)9-2-3-11-12-8-9/h2-3,8H,4-7H2,1H3. The van der Waals surface area contributed by atoms with E-state index in [0.29, 0.717) is 5.56 Å². The summed E-state index contributed by atoms with van der Waals surface area (Å²) in [6.07, 6.45) is 3.06. The number of hydrogen-bond acceptors (Lipinski definition) is 4. The molecular formula is C10H14N4O. The summed E-state index contributed by atoms with van der Waals surface area (Å²) in [5.41, 5.74) is 0.620. The Hall–Kier alpha value is -1.49. The molecule has 0 saturated carbocycles. The SMILES string of the molecule is CN1CCN(C(=O)c2ccnnc2)CC1. The molecule has 0 N–H and O–H groups in total. The van der Waals surface area contributed by atoms with Crippen LogP contribution in [0.2, 0.25) is 0 Å². The van der Waals surface area contributed by atoms with Gasteiger partial charge in [-0.25, -0.2) is 0 Å². The molecule has 0 aromatic carbocycles. The van der Waals surface area contributed by atoms with Gasteiger partial charge < -0.3 is 9.80 Å². The largest absolute Gasteiger partial charge is 0.336 e. The molecule has 0 aliphatic carbocycles. The molecule has 0 unspecified atom stereocenters. The molecule has 1 aromatic heterocycles. The molecule has 1 aliphatic rings. The van der Waals surface area contributed by atoms with Crippen LogP contribution in [0.3, 0.4) is 0 Å². The summed E-state index contributed by atoms with van der Waals surface area (Å²) < 4.78 is 0. The summed E-state index contributed by atoms with van der Waals surface area (Å²) in [5.74, 6) is 0.0537. The highest BCUT2D eigenvalue weighted by Gasteiger charge is 2.20. The van der Waals surface area contributed by atoms with E-state index in [-0.39, 0.29) is 5.91 Å². The third kappa shape index (κ3) is 2.30. The first-order valence-electron chi connectivity index (χ1n) is 5.02. The summed E-state index contributed by atoms with van der Waals surface area (Å²) in [5, 5.41) is 7.36. The van der Waals surface area contributed by atoms with Gasteiger partial charge in [0.15, 0.2) is 0 Å². The van der Waals surface area contributed by atoms with Crippen molar-refractivity contribution in [1.29, 1.82) is 0 Å². The summed E-state index contributed by atoms with van der Waals surface area (Å²) in [4.78, 5) is 16.0. The van der Waals surface area contributed by atoms with Crippen molar-refractivity contribution in [2.24, 2.45) is 0 Å². The Morgan fingerprint density at radius 2 is 2.00 bits per heavy atom. The summed E-state index contributed by atoms with van der Waals surface area (Å²) in [6, 6.07) is 1.70. The van der Waals surface area contributed by atoms with Gasteiger partial charge >= 0.3 is 0 Å².